The fourth-order valence-electron chi connectivity index (χ4n) is 7.28. The summed E-state index contributed by atoms with van der Waals surface area (Å²) in [6.07, 6.45) is 15.0. The van der Waals surface area contributed by atoms with Gasteiger partial charge in [0.1, 0.15) is 5.75 Å². The van der Waals surface area contributed by atoms with Gasteiger partial charge >= 0.3 is 0 Å². The lowest BCUT2D eigenvalue weighted by atomic mass is 9.70. The molecule has 1 aromatic carbocycles. The molecule has 5 rings (SSSR count). The molecule has 1 fully saturated rings. The molecule has 2 unspecified atom stereocenters. The molecule has 2 bridgehead atoms. The van der Waals surface area contributed by atoms with Crippen LogP contribution in [0.1, 0.15) is 64.4 Å². The van der Waals surface area contributed by atoms with Crippen molar-refractivity contribution >= 4 is 39.1 Å². The number of nitrogens with zero attached hydrogens (tertiary/aromatic N) is 2. The molecule has 12 heteroatoms. The Hall–Kier alpha value is -2.86. The van der Waals surface area contributed by atoms with Gasteiger partial charge in [-0.1, -0.05) is 55.3 Å². The minimum absolute atomic E-state index is 0.0515. The van der Waals surface area contributed by atoms with Crippen molar-refractivity contribution in [2.45, 2.75) is 70.5 Å². The van der Waals surface area contributed by atoms with Crippen LogP contribution in [0, 0.1) is 23.2 Å². The first-order valence-electron chi connectivity index (χ1n) is 17.1. The number of anilines is 1. The molecule has 0 aromatic heterocycles. The molecule has 10 nitrogen and oxygen atoms in total. The van der Waals surface area contributed by atoms with Gasteiger partial charge in [-0.25, -0.2) is 8.42 Å². The fraction of sp³-hybridized carbons (Fsp3) is 0.611. The zero-order valence-corrected chi connectivity index (χ0v) is 30.1. The van der Waals surface area contributed by atoms with Crippen LogP contribution in [0.2, 0.25) is 0 Å². The molecule has 2 heterocycles. The van der Waals surface area contributed by atoms with Crippen molar-refractivity contribution in [2.75, 3.05) is 51.1 Å². The Balaban J connectivity index is 1.62. The van der Waals surface area contributed by atoms with Crippen LogP contribution in [0.3, 0.4) is 0 Å². The number of aliphatic hydroxyl groups is 1. The maximum atomic E-state index is 13.7. The first-order valence-corrected chi connectivity index (χ1v) is 19.1. The third-order valence-electron chi connectivity index (χ3n) is 10.8. The van der Waals surface area contributed by atoms with Gasteiger partial charge in [0.2, 0.25) is 15.9 Å². The fourth-order valence-corrected chi connectivity index (χ4v) is 8.09. The van der Waals surface area contributed by atoms with Crippen molar-refractivity contribution in [3.63, 3.8) is 0 Å². The van der Waals surface area contributed by atoms with Crippen LogP contribution >= 0.6 is 11.6 Å². The number of nitrogens with one attached hydrogen (secondary N) is 1. The molecule has 6 atom stereocenters. The van der Waals surface area contributed by atoms with E-state index < -0.39 is 33.9 Å². The number of fused-ring (bicyclic) bond motifs is 3. The van der Waals surface area contributed by atoms with Gasteiger partial charge < -0.3 is 24.4 Å². The monoisotopic (exact) mass is 703 g/mol. The number of ether oxygens (including phenoxy) is 2. The summed E-state index contributed by atoms with van der Waals surface area (Å²) in [5.74, 6) is -0.595. The molecule has 4 aliphatic rings. The number of carbonyl (C=O) groups excluding carboxylic acids is 2. The second-order valence-corrected chi connectivity index (χ2v) is 16.5. The standard InChI is InChI=1S/C36H50ClN3O7S/c1-5-48(44,45)38-34(42)36(43)22-33(41)39(3)18-8-7-11-31(46-4)29-14-12-25(29)23-40-19-9-6-10-26-20-28(37)16-17-35(26,2)24-47-32-15-13-27(36)21-30(32)40/h7,11,13,15-17,20-21,25-26,29,31,43H,5-6,8-10,12,14,18-19,22-24H2,1-4H3,(H,38,42)/b11-7+/t25-,26?,29+,31-,35?,36+/m0/s1. The third kappa shape index (κ3) is 7.95. The van der Waals surface area contributed by atoms with E-state index in [9.17, 15) is 23.1 Å². The minimum atomic E-state index is -4.03. The second kappa shape index (κ2) is 14.9. The van der Waals surface area contributed by atoms with E-state index in [1.807, 2.05) is 16.9 Å². The molecule has 2 aliphatic carbocycles. The first-order chi connectivity index (χ1) is 22.8. The van der Waals surface area contributed by atoms with E-state index in [0.29, 0.717) is 55.9 Å². The summed E-state index contributed by atoms with van der Waals surface area (Å²) in [6, 6.07) is 5.00. The quantitative estimate of drug-likeness (QED) is 0.426. The number of carbonyl (C=O) groups is 2. The Bertz CT molecular complexity index is 1560. The van der Waals surface area contributed by atoms with Crippen LogP contribution in [-0.4, -0.2) is 82.5 Å². The molecule has 0 spiro atoms. The summed E-state index contributed by atoms with van der Waals surface area (Å²) in [4.78, 5) is 31.0. The average Bonchev–Trinajstić information content (AvgIpc) is 3.07. The smallest absolute Gasteiger partial charge is 0.270 e. The van der Waals surface area contributed by atoms with Crippen molar-refractivity contribution in [2.24, 2.45) is 23.2 Å². The van der Waals surface area contributed by atoms with Crippen molar-refractivity contribution in [1.29, 1.82) is 0 Å². The molecule has 2 aliphatic heterocycles. The first kappa shape index (κ1) is 36.4. The van der Waals surface area contributed by atoms with Gasteiger partial charge in [0.15, 0.2) is 5.60 Å². The van der Waals surface area contributed by atoms with E-state index in [-0.39, 0.29) is 28.8 Å². The summed E-state index contributed by atoms with van der Waals surface area (Å²) in [6.45, 7) is 5.70. The molecule has 1 saturated carbocycles. The molecule has 1 aromatic rings. The summed E-state index contributed by atoms with van der Waals surface area (Å²) in [7, 11) is -0.687. The van der Waals surface area contributed by atoms with Crippen LogP contribution in [0.5, 0.6) is 5.75 Å². The molecular formula is C36H50ClN3O7S. The Morgan fingerprint density at radius 3 is 2.71 bits per heavy atom. The highest BCUT2D eigenvalue weighted by molar-refractivity contribution is 7.90. The summed E-state index contributed by atoms with van der Waals surface area (Å²) >= 11 is 6.44. The van der Waals surface area contributed by atoms with Crippen molar-refractivity contribution in [3.8, 4) is 5.75 Å². The topological polar surface area (TPSA) is 125 Å². The zero-order chi connectivity index (χ0) is 34.7. The van der Waals surface area contributed by atoms with E-state index >= 15 is 0 Å². The maximum absolute atomic E-state index is 13.7. The maximum Gasteiger partial charge on any atom is 0.270 e. The van der Waals surface area contributed by atoms with Gasteiger partial charge in [-0.2, -0.15) is 0 Å². The predicted molar refractivity (Wildman–Crippen MR) is 187 cm³/mol. The highest BCUT2D eigenvalue weighted by atomic mass is 35.5. The molecule has 0 radical (unpaired) electrons. The summed E-state index contributed by atoms with van der Waals surface area (Å²) in [5, 5.41) is 12.9. The van der Waals surface area contributed by atoms with Crippen molar-refractivity contribution < 1.29 is 32.6 Å². The van der Waals surface area contributed by atoms with Crippen molar-refractivity contribution in [3.05, 3.63) is 59.2 Å². The predicted octanol–water partition coefficient (Wildman–Crippen LogP) is 4.87. The number of hydrogen-bond acceptors (Lipinski definition) is 8. The van der Waals surface area contributed by atoms with Crippen molar-refractivity contribution in [1.82, 2.24) is 9.62 Å². The average molecular weight is 704 g/mol. The van der Waals surface area contributed by atoms with E-state index in [1.54, 1.807) is 32.4 Å². The molecule has 48 heavy (non-hydrogen) atoms. The lowest BCUT2D eigenvalue weighted by molar-refractivity contribution is -0.148. The van der Waals surface area contributed by atoms with Gasteiger partial charge in [-0.15, -0.1) is 0 Å². The van der Waals surface area contributed by atoms with E-state index in [1.165, 1.54) is 11.8 Å². The van der Waals surface area contributed by atoms with Crippen LogP contribution in [0.15, 0.2) is 53.6 Å². The Morgan fingerprint density at radius 2 is 2.00 bits per heavy atom. The van der Waals surface area contributed by atoms with Gasteiger partial charge in [0.05, 0.1) is 30.6 Å². The van der Waals surface area contributed by atoms with Crippen LogP contribution in [-0.2, 0) is 30.0 Å². The number of halogens is 1. The molecule has 0 saturated heterocycles. The number of benzene rings is 1. The molecular weight excluding hydrogens is 654 g/mol. The molecule has 264 valence electrons. The SMILES string of the molecule is CCS(=O)(=O)NC(=O)[C@@]1(O)CC(=O)N(C)CC/C=C/[C@H](OC)[C@@H]2CC[C@H]2CN2CCCCC3C=C(Cl)C=CC3(C)COc3ccc1cc32. The Kier molecular flexibility index (Phi) is 11.3. The van der Waals surface area contributed by atoms with Crippen LogP contribution in [0.25, 0.3) is 0 Å². The minimum Gasteiger partial charge on any atom is -0.490 e. The van der Waals surface area contributed by atoms with Gasteiger partial charge in [-0.3, -0.25) is 14.3 Å². The van der Waals surface area contributed by atoms with Crippen LogP contribution < -0.4 is 14.4 Å². The van der Waals surface area contributed by atoms with E-state index in [4.69, 9.17) is 21.1 Å². The van der Waals surface area contributed by atoms with Gasteiger partial charge in [0, 0.05) is 44.2 Å². The summed E-state index contributed by atoms with van der Waals surface area (Å²) < 4.78 is 39.6. The second-order valence-electron chi connectivity index (χ2n) is 14.0. The Morgan fingerprint density at radius 1 is 1.21 bits per heavy atom. The highest BCUT2D eigenvalue weighted by Gasteiger charge is 2.44. The lowest BCUT2D eigenvalue weighted by Gasteiger charge is -2.44. The Labute approximate surface area is 290 Å². The van der Waals surface area contributed by atoms with E-state index in [0.717, 1.165) is 37.1 Å². The zero-order valence-electron chi connectivity index (χ0n) is 28.5. The normalized spacial score (nSPS) is 32.4. The molecule has 2 amide bonds. The lowest BCUT2D eigenvalue weighted by Crippen LogP contribution is -2.50. The number of allylic oxidation sites excluding steroid dienone is 3. The largest absolute Gasteiger partial charge is 0.490 e. The van der Waals surface area contributed by atoms with Gasteiger partial charge in [-0.05, 0) is 80.6 Å². The number of methoxy groups -OCH3 is 1. The number of sulfonamides is 1. The highest BCUT2D eigenvalue weighted by Crippen LogP contribution is 2.45. The number of hydrogen-bond donors (Lipinski definition) is 2. The van der Waals surface area contributed by atoms with Gasteiger partial charge in [0.25, 0.3) is 5.91 Å². The molecule has 2 N–H and O–H groups in total. The summed E-state index contributed by atoms with van der Waals surface area (Å²) in [5.41, 5.74) is -1.95. The van der Waals surface area contributed by atoms with E-state index in [2.05, 4.69) is 30.1 Å². The third-order valence-corrected chi connectivity index (χ3v) is 12.3. The number of amides is 2. The number of rotatable bonds is 4. The van der Waals surface area contributed by atoms with Crippen LogP contribution in [0.4, 0.5) is 5.69 Å².